The summed E-state index contributed by atoms with van der Waals surface area (Å²) in [6.45, 7) is 3.72. The van der Waals surface area contributed by atoms with Crippen LogP contribution in [0.3, 0.4) is 0 Å². The van der Waals surface area contributed by atoms with Crippen molar-refractivity contribution < 1.29 is 37.9 Å². The van der Waals surface area contributed by atoms with Crippen LogP contribution in [0.5, 0.6) is 0 Å². The van der Waals surface area contributed by atoms with Crippen molar-refractivity contribution in [3.8, 4) is 0 Å². The Morgan fingerprint density at radius 2 is 0.724 bits per heavy atom. The van der Waals surface area contributed by atoms with Gasteiger partial charge in [0, 0.05) is 12.8 Å². The van der Waals surface area contributed by atoms with Crippen LogP contribution in [0.4, 0.5) is 0 Å². The molecule has 0 aliphatic carbocycles. The first-order valence-corrected chi connectivity index (χ1v) is 26.2. The predicted molar refractivity (Wildman–Crippen MR) is 244 cm³/mol. The second kappa shape index (κ2) is 45.1. The number of carbonyl (C=O) groups excluding carboxylic acids is 2. The van der Waals surface area contributed by atoms with E-state index in [0.717, 1.165) is 38.5 Å². The Bertz CT molecular complexity index is 993. The molecule has 0 bridgehead atoms. The number of esters is 2. The summed E-state index contributed by atoms with van der Waals surface area (Å²) in [6, 6.07) is 0. The quantitative estimate of drug-likeness (QED) is 0.0269. The molecule has 1 atom stereocenters. The molecule has 0 aromatic rings. The highest BCUT2D eigenvalue weighted by Gasteiger charge is 2.23. The van der Waals surface area contributed by atoms with Gasteiger partial charge in [0.15, 0.2) is 6.10 Å². The molecular formula is C49H93O8P. The van der Waals surface area contributed by atoms with Gasteiger partial charge in [0.05, 0.1) is 6.61 Å². The summed E-state index contributed by atoms with van der Waals surface area (Å²) in [5.41, 5.74) is 0. The third-order valence-corrected chi connectivity index (χ3v) is 11.4. The van der Waals surface area contributed by atoms with Crippen molar-refractivity contribution in [2.75, 3.05) is 13.2 Å². The molecule has 2 N–H and O–H groups in total. The number of rotatable bonds is 46. The third-order valence-electron chi connectivity index (χ3n) is 10.9. The molecule has 342 valence electrons. The zero-order valence-corrected chi connectivity index (χ0v) is 38.9. The second-order valence-corrected chi connectivity index (χ2v) is 18.0. The topological polar surface area (TPSA) is 119 Å². The van der Waals surface area contributed by atoms with E-state index < -0.39 is 32.5 Å². The van der Waals surface area contributed by atoms with Gasteiger partial charge in [-0.1, -0.05) is 205 Å². The number of carbonyl (C=O) groups is 2. The summed E-state index contributed by atoms with van der Waals surface area (Å²) in [5, 5.41) is 0. The van der Waals surface area contributed by atoms with Gasteiger partial charge in [-0.05, 0) is 64.2 Å². The zero-order valence-electron chi connectivity index (χ0n) is 38.0. The van der Waals surface area contributed by atoms with Crippen molar-refractivity contribution in [3.63, 3.8) is 0 Å². The second-order valence-electron chi connectivity index (χ2n) is 16.8. The van der Waals surface area contributed by atoms with Gasteiger partial charge in [-0.25, -0.2) is 4.57 Å². The van der Waals surface area contributed by atoms with Crippen LogP contribution < -0.4 is 0 Å². The van der Waals surface area contributed by atoms with Crippen LogP contribution in [0.2, 0.25) is 0 Å². The summed E-state index contributed by atoms with van der Waals surface area (Å²) in [7, 11) is -4.76. The van der Waals surface area contributed by atoms with Crippen molar-refractivity contribution in [1.82, 2.24) is 0 Å². The first-order chi connectivity index (χ1) is 28.3. The van der Waals surface area contributed by atoms with E-state index in [2.05, 4.69) is 42.7 Å². The summed E-state index contributed by atoms with van der Waals surface area (Å²) in [6.07, 6.45) is 53.3. The molecule has 0 saturated heterocycles. The van der Waals surface area contributed by atoms with E-state index in [9.17, 15) is 14.2 Å². The van der Waals surface area contributed by atoms with Gasteiger partial charge < -0.3 is 19.3 Å². The van der Waals surface area contributed by atoms with E-state index in [1.807, 2.05) is 0 Å². The summed E-state index contributed by atoms with van der Waals surface area (Å²) < 4.78 is 26.5. The molecule has 0 aliphatic rings. The molecule has 58 heavy (non-hydrogen) atoms. The number of hydrogen-bond acceptors (Lipinski definition) is 6. The molecule has 0 rings (SSSR count). The SMILES string of the molecule is CCCCCCCC/C=C/CCCCCCCCCCCCCC(=O)OC[C@H](COP(=O)(O)O)OC(=O)CCCCCCCCCCC/C=C/CCCCCCCC. The molecule has 0 aliphatic heterocycles. The number of ether oxygens (including phenoxy) is 2. The maximum Gasteiger partial charge on any atom is 0.469 e. The average molecular weight is 841 g/mol. The van der Waals surface area contributed by atoms with Crippen LogP contribution in [-0.2, 0) is 28.2 Å². The van der Waals surface area contributed by atoms with Crippen LogP contribution in [0.15, 0.2) is 24.3 Å². The predicted octanol–water partition coefficient (Wildman–Crippen LogP) is 15.5. The highest BCUT2D eigenvalue weighted by atomic mass is 31.2. The largest absolute Gasteiger partial charge is 0.469 e. The first-order valence-electron chi connectivity index (χ1n) is 24.6. The minimum atomic E-state index is -4.76. The van der Waals surface area contributed by atoms with Crippen molar-refractivity contribution in [1.29, 1.82) is 0 Å². The van der Waals surface area contributed by atoms with E-state index in [1.54, 1.807) is 0 Å². The molecule has 0 aromatic carbocycles. The molecule has 0 saturated carbocycles. The molecule has 0 fully saturated rings. The summed E-state index contributed by atoms with van der Waals surface area (Å²) >= 11 is 0. The maximum absolute atomic E-state index is 12.5. The fourth-order valence-corrected chi connectivity index (χ4v) is 7.61. The molecule has 0 unspecified atom stereocenters. The van der Waals surface area contributed by atoms with E-state index in [-0.39, 0.29) is 19.4 Å². The fraction of sp³-hybridized carbons (Fsp3) is 0.878. The van der Waals surface area contributed by atoms with E-state index in [0.29, 0.717) is 6.42 Å². The first kappa shape index (κ1) is 56.5. The molecule has 8 nitrogen and oxygen atoms in total. The number of allylic oxidation sites excluding steroid dienone is 4. The fourth-order valence-electron chi connectivity index (χ4n) is 7.25. The maximum atomic E-state index is 12.5. The van der Waals surface area contributed by atoms with Crippen molar-refractivity contribution >= 4 is 19.8 Å². The Hall–Kier alpha value is -1.47. The molecule has 0 spiro atoms. The molecule has 0 heterocycles. The van der Waals surface area contributed by atoms with Crippen molar-refractivity contribution in [2.45, 2.75) is 264 Å². The number of phosphoric acid groups is 1. The smallest absolute Gasteiger partial charge is 0.462 e. The molecule has 9 heteroatoms. The van der Waals surface area contributed by atoms with Crippen LogP contribution in [-0.4, -0.2) is 41.0 Å². The van der Waals surface area contributed by atoms with Gasteiger partial charge in [0.2, 0.25) is 0 Å². The zero-order chi connectivity index (χ0) is 42.5. The Morgan fingerprint density at radius 3 is 1.05 bits per heavy atom. The van der Waals surface area contributed by atoms with Gasteiger partial charge in [-0.15, -0.1) is 0 Å². The van der Waals surface area contributed by atoms with E-state index in [1.165, 1.54) is 186 Å². The molecule has 0 aromatic heterocycles. The lowest BCUT2D eigenvalue weighted by molar-refractivity contribution is -0.161. The number of phosphoric ester groups is 1. The van der Waals surface area contributed by atoms with Crippen LogP contribution >= 0.6 is 7.82 Å². The number of unbranched alkanes of at least 4 members (excludes halogenated alkanes) is 32. The van der Waals surface area contributed by atoms with Gasteiger partial charge in [0.1, 0.15) is 6.61 Å². The molecular weight excluding hydrogens is 748 g/mol. The van der Waals surface area contributed by atoms with Gasteiger partial charge in [-0.3, -0.25) is 14.1 Å². The van der Waals surface area contributed by atoms with Crippen LogP contribution in [0.25, 0.3) is 0 Å². The van der Waals surface area contributed by atoms with Crippen LogP contribution in [0.1, 0.15) is 258 Å². The van der Waals surface area contributed by atoms with Crippen molar-refractivity contribution in [2.24, 2.45) is 0 Å². The lowest BCUT2D eigenvalue weighted by atomic mass is 10.0. The van der Waals surface area contributed by atoms with Gasteiger partial charge in [-0.2, -0.15) is 0 Å². The van der Waals surface area contributed by atoms with E-state index in [4.69, 9.17) is 19.3 Å². The minimum Gasteiger partial charge on any atom is -0.462 e. The summed E-state index contributed by atoms with van der Waals surface area (Å²) in [4.78, 5) is 43.0. The lowest BCUT2D eigenvalue weighted by Crippen LogP contribution is -2.29. The van der Waals surface area contributed by atoms with Crippen LogP contribution in [0, 0.1) is 0 Å². The standard InChI is InChI=1S/C49H93O8P/c1-3-5-7-9-11-13-15-17-19-21-23-24-26-27-29-31-33-35-37-39-41-43-48(50)55-45-47(46-56-58(52,53)54)57-49(51)44-42-40-38-36-34-32-30-28-25-22-20-18-16-14-12-10-8-6-4-2/h17-20,47H,3-16,21-46H2,1-2H3,(H2,52,53,54)/b19-17+,20-18+/t47-/m1/s1. The number of hydrogen-bond donors (Lipinski definition) is 2. The third kappa shape index (κ3) is 47.2. The van der Waals surface area contributed by atoms with E-state index >= 15 is 0 Å². The average Bonchev–Trinajstić information content (AvgIpc) is 3.20. The minimum absolute atomic E-state index is 0.212. The monoisotopic (exact) mass is 841 g/mol. The molecule has 0 amide bonds. The van der Waals surface area contributed by atoms with Gasteiger partial charge >= 0.3 is 19.8 Å². The highest BCUT2D eigenvalue weighted by Crippen LogP contribution is 2.36. The normalized spacial score (nSPS) is 12.6. The molecule has 0 radical (unpaired) electrons. The lowest BCUT2D eigenvalue weighted by Gasteiger charge is -2.18. The summed E-state index contributed by atoms with van der Waals surface area (Å²) in [5.74, 6) is -0.876. The van der Waals surface area contributed by atoms with Gasteiger partial charge in [0.25, 0.3) is 0 Å². The Labute approximate surface area is 358 Å². The Kier molecular flexibility index (Phi) is 43.9. The Balaban J connectivity index is 3.81. The van der Waals surface area contributed by atoms with Crippen molar-refractivity contribution in [3.05, 3.63) is 24.3 Å². The highest BCUT2D eigenvalue weighted by molar-refractivity contribution is 7.46. The Morgan fingerprint density at radius 1 is 0.431 bits per heavy atom.